The van der Waals surface area contributed by atoms with Crippen LogP contribution in [0.15, 0.2) is 72.8 Å². The monoisotopic (exact) mass is 475 g/mol. The molecule has 35 heavy (non-hydrogen) atoms. The fraction of sp³-hybridized carbons (Fsp3) is 0.222. The van der Waals surface area contributed by atoms with Crippen LogP contribution < -0.4 is 15.0 Å². The van der Waals surface area contributed by atoms with Gasteiger partial charge in [-0.3, -0.25) is 9.59 Å². The largest absolute Gasteiger partial charge is 0.497 e. The molecule has 1 atom stereocenters. The van der Waals surface area contributed by atoms with Gasteiger partial charge in [-0.05, 0) is 53.9 Å². The van der Waals surface area contributed by atoms with Gasteiger partial charge in [0.2, 0.25) is 5.91 Å². The van der Waals surface area contributed by atoms with E-state index in [2.05, 4.69) is 5.32 Å². The molecule has 0 spiro atoms. The average Bonchev–Trinajstić information content (AvgIpc) is 3.09. The number of anilines is 2. The molecule has 0 aromatic heterocycles. The maximum atomic E-state index is 13.4. The molecule has 1 heterocycles. The van der Waals surface area contributed by atoms with Crippen LogP contribution in [-0.2, 0) is 22.6 Å². The third-order valence-electron chi connectivity index (χ3n) is 5.92. The molecule has 3 aromatic rings. The molecule has 1 aliphatic rings. The quantitative estimate of drug-likeness (QED) is 0.477. The molecule has 0 aliphatic carbocycles. The number of hydrogen-bond acceptors (Lipinski definition) is 4. The van der Waals surface area contributed by atoms with E-state index >= 15 is 0 Å². The number of rotatable bonds is 8. The number of aryl methyl sites for hydroxylation is 1. The van der Waals surface area contributed by atoms with E-state index in [4.69, 9.17) is 4.74 Å². The van der Waals surface area contributed by atoms with E-state index in [9.17, 15) is 18.8 Å². The highest BCUT2D eigenvalue weighted by molar-refractivity contribution is 6.22. The average molecular weight is 476 g/mol. The second-order valence-electron chi connectivity index (χ2n) is 8.23. The molecule has 1 fully saturated rings. The lowest BCUT2D eigenvalue weighted by Crippen LogP contribution is -2.37. The van der Waals surface area contributed by atoms with Gasteiger partial charge < -0.3 is 15.0 Å². The SMILES string of the molecule is CCc1ccc(NC(=O)C[C@H]2C(=O)N(c3cccc(OC)c3)C(=O)N2Cc2ccc(F)cc2)cc1. The van der Waals surface area contributed by atoms with Gasteiger partial charge in [0.1, 0.15) is 17.6 Å². The smallest absolute Gasteiger partial charge is 0.332 e. The highest BCUT2D eigenvalue weighted by Crippen LogP contribution is 2.30. The predicted octanol–water partition coefficient (Wildman–Crippen LogP) is 4.76. The van der Waals surface area contributed by atoms with E-state index in [1.807, 2.05) is 19.1 Å². The number of hydrogen-bond donors (Lipinski definition) is 1. The van der Waals surface area contributed by atoms with E-state index in [-0.39, 0.29) is 13.0 Å². The van der Waals surface area contributed by atoms with Crippen molar-refractivity contribution >= 4 is 29.2 Å². The lowest BCUT2D eigenvalue weighted by Gasteiger charge is -2.21. The Balaban J connectivity index is 1.59. The number of carbonyl (C=O) groups is 3. The number of imide groups is 1. The predicted molar refractivity (Wildman–Crippen MR) is 131 cm³/mol. The van der Waals surface area contributed by atoms with Gasteiger partial charge in [-0.25, -0.2) is 14.1 Å². The number of benzene rings is 3. The van der Waals surface area contributed by atoms with Crippen LogP contribution in [0.4, 0.5) is 20.6 Å². The molecule has 0 bridgehead atoms. The minimum atomic E-state index is -1.02. The Hall–Kier alpha value is -4.20. The van der Waals surface area contributed by atoms with Gasteiger partial charge in [0, 0.05) is 18.3 Å². The summed E-state index contributed by atoms with van der Waals surface area (Å²) < 4.78 is 18.6. The first-order chi connectivity index (χ1) is 16.9. The highest BCUT2D eigenvalue weighted by atomic mass is 19.1. The Morgan fingerprint density at radius 1 is 1.00 bits per heavy atom. The first kappa shape index (κ1) is 23.9. The Kier molecular flexibility index (Phi) is 7.10. The van der Waals surface area contributed by atoms with Crippen molar-refractivity contribution in [3.8, 4) is 5.75 Å². The Bertz CT molecular complexity index is 1230. The molecular weight excluding hydrogens is 449 g/mol. The zero-order chi connectivity index (χ0) is 24.9. The van der Waals surface area contributed by atoms with Crippen LogP contribution in [0, 0.1) is 5.82 Å². The van der Waals surface area contributed by atoms with Gasteiger partial charge in [-0.1, -0.05) is 37.3 Å². The highest BCUT2D eigenvalue weighted by Gasteiger charge is 2.46. The number of amides is 4. The van der Waals surface area contributed by atoms with Crippen LogP contribution in [0.2, 0.25) is 0 Å². The zero-order valence-electron chi connectivity index (χ0n) is 19.5. The molecule has 1 aliphatic heterocycles. The minimum Gasteiger partial charge on any atom is -0.497 e. The van der Waals surface area contributed by atoms with E-state index in [0.29, 0.717) is 22.7 Å². The maximum absolute atomic E-state index is 13.4. The summed E-state index contributed by atoms with van der Waals surface area (Å²) >= 11 is 0. The van der Waals surface area contributed by atoms with E-state index in [0.717, 1.165) is 16.9 Å². The normalized spacial score (nSPS) is 15.5. The first-order valence-corrected chi connectivity index (χ1v) is 11.3. The van der Waals surface area contributed by atoms with Crippen LogP contribution in [0.1, 0.15) is 24.5 Å². The van der Waals surface area contributed by atoms with Gasteiger partial charge in [-0.2, -0.15) is 0 Å². The number of ether oxygens (including phenoxy) is 1. The summed E-state index contributed by atoms with van der Waals surface area (Å²) in [5.74, 6) is -0.815. The van der Waals surface area contributed by atoms with Crippen LogP contribution in [-0.4, -0.2) is 35.9 Å². The standard InChI is InChI=1S/C27H26FN3O4/c1-3-18-9-13-21(14-10-18)29-25(32)16-24-26(33)31(22-5-4-6-23(15-22)35-2)27(34)30(24)17-19-7-11-20(28)12-8-19/h4-15,24H,3,16-17H2,1-2H3,(H,29,32)/t24-/m0/s1. The van der Waals surface area contributed by atoms with Crippen LogP contribution >= 0.6 is 0 Å². The second kappa shape index (κ2) is 10.4. The molecule has 1 saturated heterocycles. The van der Waals surface area contributed by atoms with Crippen LogP contribution in [0.3, 0.4) is 0 Å². The fourth-order valence-corrected chi connectivity index (χ4v) is 4.00. The summed E-state index contributed by atoms with van der Waals surface area (Å²) in [4.78, 5) is 42.1. The zero-order valence-corrected chi connectivity index (χ0v) is 19.5. The topological polar surface area (TPSA) is 79.0 Å². The van der Waals surface area contributed by atoms with Crippen molar-refractivity contribution < 1.29 is 23.5 Å². The molecule has 0 unspecified atom stereocenters. The van der Waals surface area contributed by atoms with Crippen molar-refractivity contribution in [2.24, 2.45) is 0 Å². The number of carbonyl (C=O) groups excluding carboxylic acids is 3. The second-order valence-corrected chi connectivity index (χ2v) is 8.23. The van der Waals surface area contributed by atoms with E-state index in [1.54, 1.807) is 48.5 Å². The van der Waals surface area contributed by atoms with Gasteiger partial charge in [-0.15, -0.1) is 0 Å². The Morgan fingerprint density at radius 3 is 2.34 bits per heavy atom. The van der Waals surface area contributed by atoms with Crippen LogP contribution in [0.25, 0.3) is 0 Å². The molecule has 3 aromatic carbocycles. The van der Waals surface area contributed by atoms with Crippen molar-refractivity contribution in [3.05, 3.63) is 89.7 Å². The Morgan fingerprint density at radius 2 is 1.69 bits per heavy atom. The van der Waals surface area contributed by atoms with Crippen molar-refractivity contribution in [2.75, 3.05) is 17.3 Å². The third-order valence-corrected chi connectivity index (χ3v) is 5.92. The van der Waals surface area contributed by atoms with Gasteiger partial charge in [0.15, 0.2) is 0 Å². The molecular formula is C27H26FN3O4. The summed E-state index contributed by atoms with van der Waals surface area (Å²) in [6.45, 7) is 2.09. The molecule has 4 rings (SSSR count). The Labute approximate surface area is 203 Å². The number of methoxy groups -OCH3 is 1. The molecule has 4 amide bonds. The number of halogens is 1. The molecule has 0 radical (unpaired) electrons. The van der Waals surface area contributed by atoms with Gasteiger partial charge >= 0.3 is 6.03 Å². The van der Waals surface area contributed by atoms with Crippen molar-refractivity contribution in [3.63, 3.8) is 0 Å². The summed E-state index contributed by atoms with van der Waals surface area (Å²) in [6, 6.07) is 18.2. The van der Waals surface area contributed by atoms with E-state index < -0.39 is 29.7 Å². The number of nitrogens with one attached hydrogen (secondary N) is 1. The van der Waals surface area contributed by atoms with Crippen molar-refractivity contribution in [1.82, 2.24) is 4.90 Å². The summed E-state index contributed by atoms with van der Waals surface area (Å²) in [5, 5.41) is 2.80. The molecule has 180 valence electrons. The lowest BCUT2D eigenvalue weighted by atomic mass is 10.1. The van der Waals surface area contributed by atoms with Crippen LogP contribution in [0.5, 0.6) is 5.75 Å². The molecule has 0 saturated carbocycles. The maximum Gasteiger partial charge on any atom is 0.332 e. The van der Waals surface area contributed by atoms with E-state index in [1.165, 1.54) is 24.1 Å². The minimum absolute atomic E-state index is 0.0501. The van der Waals surface area contributed by atoms with Gasteiger partial charge in [0.05, 0.1) is 19.2 Å². The molecule has 7 nitrogen and oxygen atoms in total. The van der Waals surface area contributed by atoms with Crippen molar-refractivity contribution in [1.29, 1.82) is 0 Å². The molecule has 8 heteroatoms. The third kappa shape index (κ3) is 5.32. The number of urea groups is 1. The lowest BCUT2D eigenvalue weighted by molar-refractivity contribution is -0.124. The first-order valence-electron chi connectivity index (χ1n) is 11.3. The summed E-state index contributed by atoms with van der Waals surface area (Å²) in [6.07, 6.45) is 0.660. The number of nitrogens with zero attached hydrogens (tertiary/aromatic N) is 2. The summed E-state index contributed by atoms with van der Waals surface area (Å²) in [5.41, 5.74) is 2.74. The fourth-order valence-electron chi connectivity index (χ4n) is 4.00. The van der Waals surface area contributed by atoms with Gasteiger partial charge in [0.25, 0.3) is 5.91 Å². The van der Waals surface area contributed by atoms with Crippen molar-refractivity contribution in [2.45, 2.75) is 32.4 Å². The molecule has 1 N–H and O–H groups in total. The summed E-state index contributed by atoms with van der Waals surface area (Å²) in [7, 11) is 1.49.